The number of nitrogens with zero attached hydrogens (tertiary/aromatic N) is 5. The van der Waals surface area contributed by atoms with Crippen LogP contribution in [-0.2, 0) is 18.5 Å². The van der Waals surface area contributed by atoms with Crippen molar-refractivity contribution in [2.75, 3.05) is 0 Å². The number of halogens is 1. The first kappa shape index (κ1) is 23.9. The highest BCUT2D eigenvalue weighted by Gasteiger charge is 2.40. The number of aryl methyl sites for hydroxylation is 2. The molecule has 2 N–H and O–H groups in total. The van der Waals surface area contributed by atoms with Gasteiger partial charge in [-0.3, -0.25) is 9.36 Å². The van der Waals surface area contributed by atoms with Gasteiger partial charge >= 0.3 is 5.97 Å². The molecule has 10 heteroatoms. The van der Waals surface area contributed by atoms with E-state index >= 15 is 0 Å². The summed E-state index contributed by atoms with van der Waals surface area (Å²) in [7, 11) is 0. The number of carboxylic acid groups (broad SMARTS) is 1. The zero-order valence-electron chi connectivity index (χ0n) is 20.4. The summed E-state index contributed by atoms with van der Waals surface area (Å²) < 4.78 is 3.81. The summed E-state index contributed by atoms with van der Waals surface area (Å²) in [6, 6.07) is 18.0. The highest BCUT2D eigenvalue weighted by molar-refractivity contribution is 6.34. The number of carbonyl (C=O) groups excluding carboxylic acids is 1. The lowest BCUT2D eigenvalue weighted by atomic mass is 9.81. The number of benzene rings is 3. The number of rotatable bonds is 5. The first-order chi connectivity index (χ1) is 18.3. The SMILES string of the molecule is Cc1ccc2c(c1)nc1n2C[C@@](NC(=O)c2ccc(-n3cnnc3)cc2Cl)(c2cccc(C(=O)O)c2)CC1. The molecule has 0 fully saturated rings. The summed E-state index contributed by atoms with van der Waals surface area (Å²) in [6.07, 6.45) is 4.24. The molecular weight excluding hydrogens is 504 g/mol. The van der Waals surface area contributed by atoms with Gasteiger partial charge in [0.1, 0.15) is 18.5 Å². The van der Waals surface area contributed by atoms with Crippen molar-refractivity contribution in [1.82, 2.24) is 29.6 Å². The fourth-order valence-corrected chi connectivity index (χ4v) is 5.42. The Labute approximate surface area is 222 Å². The Morgan fingerprint density at radius 3 is 2.63 bits per heavy atom. The lowest BCUT2D eigenvalue weighted by Crippen LogP contribution is -2.51. The van der Waals surface area contributed by atoms with E-state index in [-0.39, 0.29) is 16.5 Å². The summed E-state index contributed by atoms with van der Waals surface area (Å²) >= 11 is 6.57. The molecule has 5 aromatic rings. The van der Waals surface area contributed by atoms with Crippen molar-refractivity contribution < 1.29 is 14.7 Å². The van der Waals surface area contributed by atoms with Gasteiger partial charge in [-0.25, -0.2) is 9.78 Å². The summed E-state index contributed by atoms with van der Waals surface area (Å²) in [5.41, 5.74) is 4.00. The smallest absolute Gasteiger partial charge is 0.335 e. The third-order valence-corrected chi connectivity index (χ3v) is 7.43. The van der Waals surface area contributed by atoms with E-state index in [9.17, 15) is 14.7 Å². The van der Waals surface area contributed by atoms with E-state index < -0.39 is 11.5 Å². The van der Waals surface area contributed by atoms with Crippen LogP contribution in [-0.4, -0.2) is 41.3 Å². The van der Waals surface area contributed by atoms with Gasteiger partial charge < -0.3 is 15.0 Å². The van der Waals surface area contributed by atoms with Gasteiger partial charge in [0.15, 0.2) is 0 Å². The molecule has 190 valence electrons. The Kier molecular flexibility index (Phi) is 5.72. The molecular formula is C28H23ClN6O3. The van der Waals surface area contributed by atoms with Crippen molar-refractivity contribution in [3.8, 4) is 5.69 Å². The molecule has 9 nitrogen and oxygen atoms in total. The predicted molar refractivity (Wildman–Crippen MR) is 142 cm³/mol. The highest BCUT2D eigenvalue weighted by atomic mass is 35.5. The summed E-state index contributed by atoms with van der Waals surface area (Å²) in [5, 5.41) is 20.8. The Balaban J connectivity index is 1.42. The first-order valence-corrected chi connectivity index (χ1v) is 12.5. The Hall–Kier alpha value is -4.50. The van der Waals surface area contributed by atoms with E-state index in [1.54, 1.807) is 53.6 Å². The second-order valence-electron chi connectivity index (χ2n) is 9.56. The number of aromatic carboxylic acids is 1. The number of fused-ring (bicyclic) bond motifs is 3. The van der Waals surface area contributed by atoms with Gasteiger partial charge in [0.2, 0.25) is 0 Å². The fourth-order valence-electron chi connectivity index (χ4n) is 5.16. The fraction of sp³-hybridized carbons (Fsp3) is 0.179. The second kappa shape index (κ2) is 9.11. The van der Waals surface area contributed by atoms with Crippen molar-refractivity contribution in [2.45, 2.75) is 31.8 Å². The number of nitrogens with one attached hydrogen (secondary N) is 1. The molecule has 38 heavy (non-hydrogen) atoms. The van der Waals surface area contributed by atoms with E-state index in [2.05, 4.69) is 20.1 Å². The summed E-state index contributed by atoms with van der Waals surface area (Å²) in [4.78, 5) is 30.3. The van der Waals surface area contributed by atoms with Crippen LogP contribution >= 0.6 is 11.6 Å². The quantitative estimate of drug-likeness (QED) is 0.347. The minimum Gasteiger partial charge on any atom is -0.478 e. The Morgan fingerprint density at radius 1 is 1.05 bits per heavy atom. The predicted octanol–water partition coefficient (Wildman–Crippen LogP) is 4.55. The van der Waals surface area contributed by atoms with Gasteiger partial charge in [-0.2, -0.15) is 0 Å². The Morgan fingerprint density at radius 2 is 1.87 bits per heavy atom. The second-order valence-corrected chi connectivity index (χ2v) is 9.97. The van der Waals surface area contributed by atoms with Gasteiger partial charge in [-0.15, -0.1) is 10.2 Å². The average Bonchev–Trinajstić information content (AvgIpc) is 3.56. The van der Waals surface area contributed by atoms with E-state index in [0.717, 1.165) is 28.1 Å². The molecule has 1 amide bonds. The number of carbonyl (C=O) groups is 2. The van der Waals surface area contributed by atoms with Crippen LogP contribution in [0.2, 0.25) is 5.02 Å². The van der Waals surface area contributed by atoms with Gasteiger partial charge in [-0.05, 0) is 66.9 Å². The molecule has 1 atom stereocenters. The van der Waals surface area contributed by atoms with Crippen molar-refractivity contribution in [3.05, 3.63) is 106 Å². The molecule has 3 aromatic carbocycles. The van der Waals surface area contributed by atoms with E-state index in [1.807, 2.05) is 31.2 Å². The van der Waals surface area contributed by atoms with E-state index in [0.29, 0.717) is 30.5 Å². The highest BCUT2D eigenvalue weighted by Crippen LogP contribution is 2.37. The molecule has 0 saturated carbocycles. The van der Waals surface area contributed by atoms with Crippen molar-refractivity contribution >= 4 is 34.5 Å². The molecule has 0 saturated heterocycles. The van der Waals surface area contributed by atoms with Crippen LogP contribution in [0, 0.1) is 6.92 Å². The zero-order valence-corrected chi connectivity index (χ0v) is 21.2. The van der Waals surface area contributed by atoms with Crippen molar-refractivity contribution in [2.24, 2.45) is 0 Å². The molecule has 6 rings (SSSR count). The van der Waals surface area contributed by atoms with E-state index in [1.165, 1.54) is 0 Å². The molecule has 0 spiro atoms. The van der Waals surface area contributed by atoms with Crippen molar-refractivity contribution in [3.63, 3.8) is 0 Å². The largest absolute Gasteiger partial charge is 0.478 e. The summed E-state index contributed by atoms with van der Waals surface area (Å²) in [6.45, 7) is 2.42. The third-order valence-electron chi connectivity index (χ3n) is 7.12. The van der Waals surface area contributed by atoms with Crippen LogP contribution in [0.15, 0.2) is 73.3 Å². The maximum absolute atomic E-state index is 13.7. The van der Waals surface area contributed by atoms with Crippen LogP contribution < -0.4 is 5.32 Å². The number of imidazole rings is 1. The van der Waals surface area contributed by atoms with Gasteiger partial charge in [0.25, 0.3) is 5.91 Å². The first-order valence-electron chi connectivity index (χ1n) is 12.1. The summed E-state index contributed by atoms with van der Waals surface area (Å²) in [5.74, 6) is -0.447. The third kappa shape index (κ3) is 4.10. The molecule has 2 aromatic heterocycles. The van der Waals surface area contributed by atoms with Gasteiger partial charge in [0.05, 0.1) is 39.3 Å². The molecule has 1 aliphatic rings. The van der Waals surface area contributed by atoms with Crippen LogP contribution in [0.25, 0.3) is 16.7 Å². The number of hydrogen-bond donors (Lipinski definition) is 2. The minimum absolute atomic E-state index is 0.157. The minimum atomic E-state index is -1.03. The number of carboxylic acids is 1. The van der Waals surface area contributed by atoms with Crippen LogP contribution in [0.4, 0.5) is 0 Å². The zero-order chi connectivity index (χ0) is 26.4. The molecule has 0 aliphatic carbocycles. The lowest BCUT2D eigenvalue weighted by molar-refractivity contribution is 0.0696. The maximum atomic E-state index is 13.7. The molecule has 0 bridgehead atoms. The topological polar surface area (TPSA) is 115 Å². The normalized spacial score (nSPS) is 16.8. The van der Waals surface area contributed by atoms with Crippen LogP contribution in [0.3, 0.4) is 0 Å². The average molecular weight is 527 g/mol. The van der Waals surface area contributed by atoms with Gasteiger partial charge in [0, 0.05) is 12.1 Å². The number of amides is 1. The molecule has 0 radical (unpaired) electrons. The molecule has 0 unspecified atom stereocenters. The van der Waals surface area contributed by atoms with Crippen LogP contribution in [0.5, 0.6) is 0 Å². The lowest BCUT2D eigenvalue weighted by Gasteiger charge is -2.39. The van der Waals surface area contributed by atoms with E-state index in [4.69, 9.17) is 16.6 Å². The standard InChI is InChI=1S/C28H23ClN6O3/c1-17-5-8-24-23(11-17)32-25-9-10-28(14-35(24)25,19-4-2-3-18(12-19)27(37)38)33-26(36)21-7-6-20(13-22(21)29)34-15-30-31-16-34/h2-8,11-13,15-16H,9-10,14H2,1H3,(H,33,36)(H,37,38)/t28-/m1/s1. The van der Waals surface area contributed by atoms with Gasteiger partial charge in [-0.1, -0.05) is 29.8 Å². The van der Waals surface area contributed by atoms with Crippen LogP contribution in [0.1, 0.15) is 44.1 Å². The van der Waals surface area contributed by atoms with Crippen molar-refractivity contribution in [1.29, 1.82) is 0 Å². The molecule has 3 heterocycles. The maximum Gasteiger partial charge on any atom is 0.335 e. The Bertz CT molecular complexity index is 1710. The monoisotopic (exact) mass is 526 g/mol. The molecule has 1 aliphatic heterocycles. The number of aromatic nitrogens is 5. The number of hydrogen-bond acceptors (Lipinski definition) is 5.